The monoisotopic (exact) mass is 540 g/mol. The number of hydrogen-bond acceptors (Lipinski definition) is 5. The number of nitrogens with zero attached hydrogens (tertiary/aromatic N) is 5. The quantitative estimate of drug-likeness (QED) is 0.345. The van der Waals surface area contributed by atoms with Crippen LogP contribution in [0, 0.1) is 0 Å². The summed E-state index contributed by atoms with van der Waals surface area (Å²) in [7, 11) is 1.93. The van der Waals surface area contributed by atoms with E-state index in [-0.39, 0.29) is 36.2 Å². The fourth-order valence-corrected chi connectivity index (χ4v) is 4.05. The van der Waals surface area contributed by atoms with E-state index in [4.69, 9.17) is 14.5 Å². The molecule has 2 aromatic heterocycles. The molecule has 1 N–H and O–H groups in total. The van der Waals surface area contributed by atoms with E-state index < -0.39 is 0 Å². The predicted octanol–water partition coefficient (Wildman–Crippen LogP) is 3.29. The van der Waals surface area contributed by atoms with E-state index in [0.717, 1.165) is 55.4 Å². The Morgan fingerprint density at radius 3 is 2.94 bits per heavy atom. The second-order valence-corrected chi connectivity index (χ2v) is 7.91. The Bertz CT molecular complexity index is 852. The average molecular weight is 540 g/mol. The zero-order valence-corrected chi connectivity index (χ0v) is 20.7. The van der Waals surface area contributed by atoms with Crippen molar-refractivity contribution in [3.63, 3.8) is 0 Å². The number of aliphatic imine (C=N–C) groups is 1. The van der Waals surface area contributed by atoms with Gasteiger partial charge in [0.05, 0.1) is 25.9 Å². The Hall–Kier alpha value is -1.88. The third-order valence-electron chi connectivity index (χ3n) is 5.63. The number of pyridine rings is 1. The highest BCUT2D eigenvalue weighted by molar-refractivity contribution is 14.0. The summed E-state index contributed by atoms with van der Waals surface area (Å²) in [6.45, 7) is 5.65. The van der Waals surface area contributed by atoms with E-state index in [9.17, 15) is 0 Å². The number of nitrogens with one attached hydrogen (secondary N) is 1. The van der Waals surface area contributed by atoms with Gasteiger partial charge in [0.2, 0.25) is 5.88 Å². The van der Waals surface area contributed by atoms with Crippen LogP contribution in [0.25, 0.3) is 0 Å². The number of rotatable bonds is 6. The highest BCUT2D eigenvalue weighted by Gasteiger charge is 2.25. The van der Waals surface area contributed by atoms with Crippen molar-refractivity contribution in [2.75, 3.05) is 26.2 Å². The zero-order valence-electron chi connectivity index (χ0n) is 18.4. The van der Waals surface area contributed by atoms with Crippen LogP contribution in [0.3, 0.4) is 0 Å². The number of hydrogen-bond donors (Lipinski definition) is 1. The Balaban J connectivity index is 0.00000272. The van der Waals surface area contributed by atoms with Crippen LogP contribution in [0.4, 0.5) is 0 Å². The molecule has 4 rings (SSSR count). The zero-order chi connectivity index (χ0) is 20.8. The summed E-state index contributed by atoms with van der Waals surface area (Å²) in [5.74, 6) is 1.62. The smallest absolute Gasteiger partial charge is 0.218 e. The molecule has 0 amide bonds. The second kappa shape index (κ2) is 11.7. The van der Waals surface area contributed by atoms with Gasteiger partial charge in [0, 0.05) is 43.7 Å². The molecule has 1 saturated carbocycles. The summed E-state index contributed by atoms with van der Waals surface area (Å²) in [6.07, 6.45) is 10.7. The molecule has 1 atom stereocenters. The van der Waals surface area contributed by atoms with Gasteiger partial charge in [-0.05, 0) is 38.7 Å². The molecule has 31 heavy (non-hydrogen) atoms. The lowest BCUT2D eigenvalue weighted by molar-refractivity contribution is -0.00805. The maximum absolute atomic E-state index is 6.18. The maximum atomic E-state index is 6.18. The van der Waals surface area contributed by atoms with Crippen LogP contribution in [0.1, 0.15) is 49.8 Å². The molecule has 1 saturated heterocycles. The molecule has 3 heterocycles. The predicted molar refractivity (Wildman–Crippen MR) is 131 cm³/mol. The molecule has 0 bridgehead atoms. The third kappa shape index (κ3) is 6.31. The molecule has 2 fully saturated rings. The SMILES string of the molecule is CCNC(=NCc1cccnc1OC1CCCC1)N1CCOC(c2cnn(C)c2)C1.I. The molecule has 170 valence electrons. The van der Waals surface area contributed by atoms with Crippen molar-refractivity contribution in [1.82, 2.24) is 25.0 Å². The molecule has 2 aromatic rings. The molecular formula is C22H33IN6O2. The molecule has 8 nitrogen and oxygen atoms in total. The fraction of sp³-hybridized carbons (Fsp3) is 0.591. The van der Waals surface area contributed by atoms with Crippen LogP contribution in [0.15, 0.2) is 35.7 Å². The number of aryl methyl sites for hydroxylation is 1. The van der Waals surface area contributed by atoms with Crippen molar-refractivity contribution in [2.45, 2.75) is 51.4 Å². The first kappa shape index (κ1) is 23.8. The molecule has 1 aliphatic heterocycles. The fourth-order valence-electron chi connectivity index (χ4n) is 4.05. The van der Waals surface area contributed by atoms with Crippen molar-refractivity contribution >= 4 is 29.9 Å². The average Bonchev–Trinajstić information content (AvgIpc) is 3.44. The van der Waals surface area contributed by atoms with E-state index in [1.807, 2.05) is 30.2 Å². The van der Waals surface area contributed by atoms with Crippen LogP contribution in [-0.2, 0) is 18.3 Å². The summed E-state index contributed by atoms with van der Waals surface area (Å²) in [5, 5.41) is 7.71. The molecule has 0 spiro atoms. The normalized spacial score (nSPS) is 19.9. The Kier molecular flexibility index (Phi) is 8.94. The van der Waals surface area contributed by atoms with Crippen LogP contribution in [0.5, 0.6) is 5.88 Å². The van der Waals surface area contributed by atoms with E-state index in [1.165, 1.54) is 12.8 Å². The van der Waals surface area contributed by atoms with Crippen LogP contribution < -0.4 is 10.1 Å². The minimum absolute atomic E-state index is 0. The van der Waals surface area contributed by atoms with Gasteiger partial charge in [0.15, 0.2) is 5.96 Å². The van der Waals surface area contributed by atoms with Crippen molar-refractivity contribution in [1.29, 1.82) is 0 Å². The van der Waals surface area contributed by atoms with Crippen molar-refractivity contribution in [3.05, 3.63) is 41.9 Å². The third-order valence-corrected chi connectivity index (χ3v) is 5.63. The molecule has 0 radical (unpaired) electrons. The standard InChI is InChI=1S/C22H32N6O2.HI/c1-3-23-22(28-11-12-29-20(16-28)18-14-26-27(2)15-18)25-13-17-7-6-10-24-21(17)30-19-8-4-5-9-19;/h6-7,10,14-15,19-20H,3-5,8-9,11-13,16H2,1-2H3,(H,23,25);1H. The van der Waals surface area contributed by atoms with Gasteiger partial charge in [-0.1, -0.05) is 6.07 Å². The minimum atomic E-state index is -0.00374. The van der Waals surface area contributed by atoms with E-state index in [2.05, 4.69) is 33.3 Å². The first-order valence-corrected chi connectivity index (χ1v) is 11.0. The summed E-state index contributed by atoms with van der Waals surface area (Å²) < 4.78 is 14.0. The number of morpholine rings is 1. The van der Waals surface area contributed by atoms with Crippen LogP contribution in [-0.4, -0.2) is 58.0 Å². The van der Waals surface area contributed by atoms with Crippen molar-refractivity contribution < 1.29 is 9.47 Å². The largest absolute Gasteiger partial charge is 0.474 e. The minimum Gasteiger partial charge on any atom is -0.474 e. The number of aromatic nitrogens is 3. The molecule has 2 aliphatic rings. The second-order valence-electron chi connectivity index (χ2n) is 7.91. The number of ether oxygens (including phenoxy) is 2. The van der Waals surface area contributed by atoms with Crippen LogP contribution in [0.2, 0.25) is 0 Å². The first-order chi connectivity index (χ1) is 14.7. The number of halogens is 1. The van der Waals surface area contributed by atoms with Gasteiger partial charge in [0.1, 0.15) is 12.2 Å². The topological polar surface area (TPSA) is 76.8 Å². The first-order valence-electron chi connectivity index (χ1n) is 11.0. The molecular weight excluding hydrogens is 507 g/mol. The Morgan fingerprint density at radius 2 is 2.19 bits per heavy atom. The van der Waals surface area contributed by atoms with E-state index in [0.29, 0.717) is 13.2 Å². The highest BCUT2D eigenvalue weighted by atomic mass is 127. The lowest BCUT2D eigenvalue weighted by Gasteiger charge is -2.34. The van der Waals surface area contributed by atoms with Gasteiger partial charge in [0.25, 0.3) is 0 Å². The molecule has 1 aliphatic carbocycles. The van der Waals surface area contributed by atoms with Crippen molar-refractivity contribution in [3.8, 4) is 5.88 Å². The summed E-state index contributed by atoms with van der Waals surface area (Å²) >= 11 is 0. The summed E-state index contributed by atoms with van der Waals surface area (Å²) in [4.78, 5) is 11.7. The molecule has 9 heteroatoms. The van der Waals surface area contributed by atoms with Gasteiger partial charge in [-0.3, -0.25) is 4.68 Å². The Morgan fingerprint density at radius 1 is 1.35 bits per heavy atom. The van der Waals surface area contributed by atoms with Gasteiger partial charge in [-0.25, -0.2) is 9.98 Å². The van der Waals surface area contributed by atoms with E-state index >= 15 is 0 Å². The maximum Gasteiger partial charge on any atom is 0.218 e. The summed E-state index contributed by atoms with van der Waals surface area (Å²) in [6, 6.07) is 4.01. The van der Waals surface area contributed by atoms with Crippen LogP contribution >= 0.6 is 24.0 Å². The van der Waals surface area contributed by atoms with E-state index in [1.54, 1.807) is 6.20 Å². The molecule has 0 aromatic carbocycles. The van der Waals surface area contributed by atoms with Gasteiger partial charge in [-0.15, -0.1) is 24.0 Å². The van der Waals surface area contributed by atoms with Gasteiger partial charge >= 0.3 is 0 Å². The highest BCUT2D eigenvalue weighted by Crippen LogP contribution is 2.26. The summed E-state index contributed by atoms with van der Waals surface area (Å²) in [5.41, 5.74) is 2.12. The van der Waals surface area contributed by atoms with Gasteiger partial charge in [-0.2, -0.15) is 5.10 Å². The number of guanidine groups is 1. The Labute approximate surface area is 201 Å². The lowest BCUT2D eigenvalue weighted by atomic mass is 10.1. The van der Waals surface area contributed by atoms with Crippen molar-refractivity contribution in [2.24, 2.45) is 12.0 Å². The van der Waals surface area contributed by atoms with Gasteiger partial charge < -0.3 is 19.7 Å². The molecule has 1 unspecified atom stereocenters. The lowest BCUT2D eigenvalue weighted by Crippen LogP contribution is -2.48.